The van der Waals surface area contributed by atoms with E-state index in [1.54, 1.807) is 0 Å². The van der Waals surface area contributed by atoms with Crippen molar-refractivity contribution in [2.24, 2.45) is 0 Å². The van der Waals surface area contributed by atoms with E-state index < -0.39 is 0 Å². The Labute approximate surface area is 128 Å². The first-order valence-corrected chi connectivity index (χ1v) is 7.60. The number of aryl methyl sites for hydroxylation is 1. The fourth-order valence-corrected chi connectivity index (χ4v) is 2.34. The van der Waals surface area contributed by atoms with Crippen molar-refractivity contribution in [3.63, 3.8) is 0 Å². The molecule has 0 aliphatic heterocycles. The molecule has 101 valence electrons. The Hall–Kier alpha value is -2.26. The van der Waals surface area contributed by atoms with Gasteiger partial charge in [0.05, 0.1) is 0 Å². The maximum Gasteiger partial charge on any atom is 0.159 e. The lowest BCUT2D eigenvalue weighted by Crippen LogP contribution is -1.92. The van der Waals surface area contributed by atoms with E-state index in [-0.39, 0.29) is 0 Å². The molecule has 0 unspecified atom stereocenters. The van der Waals surface area contributed by atoms with Crippen LogP contribution in [0.2, 0.25) is 0 Å². The number of hydrogen-bond donors (Lipinski definition) is 0. The van der Waals surface area contributed by atoms with E-state index in [9.17, 15) is 0 Å². The molecule has 0 aliphatic carbocycles. The molecule has 0 amide bonds. The maximum atomic E-state index is 4.39. The van der Waals surface area contributed by atoms with Crippen LogP contribution in [0.15, 0.2) is 60.9 Å². The summed E-state index contributed by atoms with van der Waals surface area (Å²) >= 11 is 0. The van der Waals surface area contributed by atoms with Gasteiger partial charge in [-0.2, -0.15) is 0 Å². The second-order valence-electron chi connectivity index (χ2n) is 5.04. The summed E-state index contributed by atoms with van der Waals surface area (Å²) in [5, 5.41) is 0. The Balaban J connectivity index is 1.87. The van der Waals surface area contributed by atoms with E-state index >= 15 is 0 Å². The summed E-state index contributed by atoms with van der Waals surface area (Å²) in [7, 11) is 3.45. The van der Waals surface area contributed by atoms with Crippen molar-refractivity contribution >= 4 is 10.2 Å². The quantitative estimate of drug-likeness (QED) is 0.685. The van der Waals surface area contributed by atoms with E-state index in [2.05, 4.69) is 75.7 Å². The van der Waals surface area contributed by atoms with Gasteiger partial charge >= 0.3 is 0 Å². The average molecular weight is 287 g/mol. The lowest BCUT2D eigenvalue weighted by atomic mass is 10.0. The number of benzene rings is 2. The molecule has 0 fully saturated rings. The summed E-state index contributed by atoms with van der Waals surface area (Å²) < 4.78 is 0. The minimum atomic E-state index is 0.759. The summed E-state index contributed by atoms with van der Waals surface area (Å²) in [5.74, 6) is 0.759. The van der Waals surface area contributed by atoms with Crippen LogP contribution in [0, 0.1) is 6.92 Å². The number of aromatic nitrogens is 2. The largest absolute Gasteiger partial charge is 0.236 e. The van der Waals surface area contributed by atoms with Crippen molar-refractivity contribution in [1.29, 1.82) is 0 Å². The average Bonchev–Trinajstić information content (AvgIpc) is 2.56. The predicted octanol–water partition coefficient (Wildman–Crippen LogP) is 3.79. The molecule has 3 rings (SSSR count). The van der Waals surface area contributed by atoms with E-state index in [1.165, 1.54) is 16.7 Å². The van der Waals surface area contributed by atoms with Gasteiger partial charge in [-0.05, 0) is 29.7 Å². The lowest BCUT2D eigenvalue weighted by Gasteiger charge is -2.05. The standard InChI is InChI=1S/C18H15N2Si/c1-13-2-4-15(5-3-13)16-6-8-17(9-7-16)18-19-10-14(12-21)11-20-18/h2-11H,12H2,1H3. The van der Waals surface area contributed by atoms with Gasteiger partial charge in [0, 0.05) is 28.2 Å². The predicted molar refractivity (Wildman–Crippen MR) is 87.1 cm³/mol. The van der Waals surface area contributed by atoms with Crippen molar-refractivity contribution in [3.8, 4) is 22.5 Å². The van der Waals surface area contributed by atoms with Crippen LogP contribution in [0.25, 0.3) is 22.5 Å². The summed E-state index contributed by atoms with van der Waals surface area (Å²) in [5.41, 5.74) is 5.81. The normalized spacial score (nSPS) is 10.6. The van der Waals surface area contributed by atoms with Gasteiger partial charge in [-0.15, -0.1) is 0 Å². The third-order valence-electron chi connectivity index (χ3n) is 3.44. The third-order valence-corrected chi connectivity index (χ3v) is 3.85. The zero-order valence-corrected chi connectivity index (χ0v) is 12.9. The highest BCUT2D eigenvalue weighted by atomic mass is 28.1. The summed E-state index contributed by atoms with van der Waals surface area (Å²) in [6.07, 6.45) is 3.70. The van der Waals surface area contributed by atoms with E-state index in [0.29, 0.717) is 0 Å². The smallest absolute Gasteiger partial charge is 0.159 e. The van der Waals surface area contributed by atoms with Crippen LogP contribution in [0.4, 0.5) is 0 Å². The first-order chi connectivity index (χ1) is 10.3. The molecular weight excluding hydrogens is 272 g/mol. The Morgan fingerprint density at radius 3 is 1.76 bits per heavy atom. The van der Waals surface area contributed by atoms with E-state index in [4.69, 9.17) is 0 Å². The van der Waals surface area contributed by atoms with Crippen LogP contribution in [-0.2, 0) is 6.04 Å². The number of hydrogen-bond acceptors (Lipinski definition) is 2. The maximum absolute atomic E-state index is 4.39. The van der Waals surface area contributed by atoms with Gasteiger partial charge in [-0.1, -0.05) is 54.1 Å². The molecule has 0 N–H and O–H groups in total. The highest BCUT2D eigenvalue weighted by Crippen LogP contribution is 2.23. The molecule has 3 heteroatoms. The molecular formula is C18H15N2Si. The highest BCUT2D eigenvalue weighted by Gasteiger charge is 2.02. The van der Waals surface area contributed by atoms with Crippen molar-refractivity contribution in [2.75, 3.05) is 0 Å². The molecule has 0 saturated carbocycles. The van der Waals surface area contributed by atoms with Crippen molar-refractivity contribution in [2.45, 2.75) is 13.0 Å². The zero-order valence-electron chi connectivity index (χ0n) is 11.9. The fourth-order valence-electron chi connectivity index (χ4n) is 2.15. The monoisotopic (exact) mass is 287 g/mol. The van der Waals surface area contributed by atoms with E-state index in [0.717, 1.165) is 23.0 Å². The molecule has 3 radical (unpaired) electrons. The minimum Gasteiger partial charge on any atom is -0.236 e. The van der Waals surface area contributed by atoms with Gasteiger partial charge in [0.25, 0.3) is 0 Å². The Morgan fingerprint density at radius 1 is 0.762 bits per heavy atom. The van der Waals surface area contributed by atoms with Crippen molar-refractivity contribution < 1.29 is 0 Å². The Morgan fingerprint density at radius 2 is 1.24 bits per heavy atom. The Bertz CT molecular complexity index is 717. The summed E-state index contributed by atoms with van der Waals surface area (Å²) in [6.45, 7) is 2.10. The van der Waals surface area contributed by atoms with Crippen LogP contribution in [0.5, 0.6) is 0 Å². The topological polar surface area (TPSA) is 25.8 Å². The van der Waals surface area contributed by atoms with Crippen molar-refractivity contribution in [1.82, 2.24) is 9.97 Å². The SMILES string of the molecule is Cc1ccc(-c2ccc(-c3ncc(C[Si])cn3)cc2)cc1. The van der Waals surface area contributed by atoms with Crippen molar-refractivity contribution in [3.05, 3.63) is 72.1 Å². The zero-order chi connectivity index (χ0) is 14.7. The van der Waals surface area contributed by atoms with Crippen LogP contribution in [0.3, 0.4) is 0 Å². The molecule has 0 saturated heterocycles. The lowest BCUT2D eigenvalue weighted by molar-refractivity contribution is 1.13. The highest BCUT2D eigenvalue weighted by molar-refractivity contribution is 6.08. The first kappa shape index (κ1) is 13.7. The molecule has 0 spiro atoms. The van der Waals surface area contributed by atoms with Crippen LogP contribution in [0.1, 0.15) is 11.1 Å². The minimum absolute atomic E-state index is 0.759. The van der Waals surface area contributed by atoms with Gasteiger partial charge in [0.15, 0.2) is 5.82 Å². The molecule has 2 aromatic carbocycles. The number of rotatable bonds is 3. The molecule has 2 nitrogen and oxygen atoms in total. The van der Waals surface area contributed by atoms with E-state index in [1.807, 2.05) is 12.4 Å². The second-order valence-corrected chi connectivity index (χ2v) is 5.39. The van der Waals surface area contributed by atoms with Gasteiger partial charge in [0.1, 0.15) is 0 Å². The van der Waals surface area contributed by atoms with Gasteiger partial charge in [-0.3, -0.25) is 0 Å². The first-order valence-electron chi connectivity index (χ1n) is 6.89. The molecule has 1 aromatic heterocycles. The third kappa shape index (κ3) is 3.08. The molecule has 0 bridgehead atoms. The second kappa shape index (κ2) is 6.02. The fraction of sp³-hybridized carbons (Fsp3) is 0.111. The van der Waals surface area contributed by atoms with Crippen LogP contribution in [-0.4, -0.2) is 20.2 Å². The molecule has 3 aromatic rings. The summed E-state index contributed by atoms with van der Waals surface area (Å²) in [6, 6.07) is 17.7. The number of nitrogens with zero attached hydrogens (tertiary/aromatic N) is 2. The molecule has 21 heavy (non-hydrogen) atoms. The van der Waals surface area contributed by atoms with Crippen LogP contribution < -0.4 is 0 Å². The summed E-state index contributed by atoms with van der Waals surface area (Å²) in [4.78, 5) is 8.78. The Kier molecular flexibility index (Phi) is 3.93. The van der Waals surface area contributed by atoms with Gasteiger partial charge in [-0.25, -0.2) is 9.97 Å². The molecule has 1 heterocycles. The van der Waals surface area contributed by atoms with Gasteiger partial charge < -0.3 is 0 Å². The van der Waals surface area contributed by atoms with Crippen LogP contribution >= 0.6 is 0 Å². The molecule has 0 atom stereocenters. The van der Waals surface area contributed by atoms with Gasteiger partial charge in [0.2, 0.25) is 0 Å². The molecule has 0 aliphatic rings.